The third-order valence-electron chi connectivity index (χ3n) is 3.22. The van der Waals surface area contributed by atoms with Gasteiger partial charge in [-0.2, -0.15) is 0 Å². The molecule has 4 nitrogen and oxygen atoms in total. The van der Waals surface area contributed by atoms with Gasteiger partial charge in [0.05, 0.1) is 11.1 Å². The molecule has 0 aliphatic heterocycles. The number of ether oxygens (including phenoxy) is 1. The summed E-state index contributed by atoms with van der Waals surface area (Å²) in [6, 6.07) is 5.59. The molecule has 2 aromatic rings. The highest BCUT2D eigenvalue weighted by Gasteiger charge is 2.10. The highest BCUT2D eigenvalue weighted by molar-refractivity contribution is 7.71. The Kier molecular flexibility index (Phi) is 5.42. The number of benzene rings is 1. The van der Waals surface area contributed by atoms with E-state index in [0.717, 1.165) is 11.3 Å². The first-order valence-corrected chi connectivity index (χ1v) is 7.98. The normalized spacial score (nSPS) is 11.0. The summed E-state index contributed by atoms with van der Waals surface area (Å²) in [6.45, 7) is 5.88. The number of nitrogens with one attached hydrogen (secondary N) is 2. The summed E-state index contributed by atoms with van der Waals surface area (Å²) >= 11 is 11.2. The van der Waals surface area contributed by atoms with Crippen molar-refractivity contribution in [2.45, 2.75) is 39.7 Å². The maximum absolute atomic E-state index is 12.1. The van der Waals surface area contributed by atoms with E-state index in [1.807, 2.05) is 39.0 Å². The van der Waals surface area contributed by atoms with Crippen LogP contribution in [0.4, 0.5) is 0 Å². The molecule has 0 saturated carbocycles. The van der Waals surface area contributed by atoms with Crippen molar-refractivity contribution in [3.63, 3.8) is 0 Å². The minimum absolute atomic E-state index is 0.0621. The van der Waals surface area contributed by atoms with E-state index in [1.165, 1.54) is 0 Å². The van der Waals surface area contributed by atoms with Crippen LogP contribution in [0.5, 0.6) is 5.75 Å². The smallest absolute Gasteiger partial charge is 0.255 e. The Morgan fingerprint density at radius 1 is 1.32 bits per heavy atom. The van der Waals surface area contributed by atoms with Crippen LogP contribution in [0, 0.1) is 4.77 Å². The van der Waals surface area contributed by atoms with Crippen LogP contribution in [-0.4, -0.2) is 16.1 Å². The van der Waals surface area contributed by atoms with Gasteiger partial charge in [0.15, 0.2) is 4.77 Å². The molecule has 1 aromatic carbocycles. The van der Waals surface area contributed by atoms with Gasteiger partial charge in [-0.05, 0) is 50.2 Å². The van der Waals surface area contributed by atoms with E-state index in [1.54, 1.807) is 0 Å². The SMILES string of the molecule is CCc1[nH]c(=S)[nH]c(=O)c1Cc1ccc(OC(C)C)c(Cl)c1. The maximum Gasteiger partial charge on any atom is 0.255 e. The zero-order chi connectivity index (χ0) is 16.3. The predicted octanol–water partition coefficient (Wildman–Crippen LogP) is 4.03. The van der Waals surface area contributed by atoms with Crippen molar-refractivity contribution >= 4 is 23.8 Å². The molecule has 0 amide bonds. The molecule has 0 unspecified atom stereocenters. The number of halogens is 1. The molecule has 118 valence electrons. The molecule has 0 fully saturated rings. The molecule has 0 saturated heterocycles. The van der Waals surface area contributed by atoms with Crippen LogP contribution < -0.4 is 10.3 Å². The monoisotopic (exact) mass is 338 g/mol. The fourth-order valence-electron chi connectivity index (χ4n) is 2.26. The Morgan fingerprint density at radius 2 is 2.05 bits per heavy atom. The molecule has 1 heterocycles. The Balaban J connectivity index is 2.34. The van der Waals surface area contributed by atoms with Gasteiger partial charge >= 0.3 is 0 Å². The number of hydrogen-bond donors (Lipinski definition) is 2. The second kappa shape index (κ2) is 7.11. The molecule has 1 aromatic heterocycles. The zero-order valence-electron chi connectivity index (χ0n) is 12.8. The van der Waals surface area contributed by atoms with E-state index in [2.05, 4.69) is 9.97 Å². The highest BCUT2D eigenvalue weighted by Crippen LogP contribution is 2.27. The molecular formula is C16H19ClN2O2S. The molecule has 0 radical (unpaired) electrons. The van der Waals surface area contributed by atoms with Crippen molar-refractivity contribution in [1.29, 1.82) is 0 Å². The maximum atomic E-state index is 12.1. The van der Waals surface area contributed by atoms with Gasteiger partial charge in [-0.15, -0.1) is 0 Å². The van der Waals surface area contributed by atoms with E-state index < -0.39 is 0 Å². The lowest BCUT2D eigenvalue weighted by Crippen LogP contribution is -2.18. The summed E-state index contributed by atoms with van der Waals surface area (Å²) < 4.78 is 5.97. The average molecular weight is 339 g/mol. The Hall–Kier alpha value is -1.59. The third kappa shape index (κ3) is 3.99. The number of rotatable bonds is 5. The van der Waals surface area contributed by atoms with Crippen LogP contribution in [-0.2, 0) is 12.8 Å². The molecule has 0 aliphatic rings. The van der Waals surface area contributed by atoms with E-state index in [0.29, 0.717) is 33.9 Å². The quantitative estimate of drug-likeness (QED) is 0.809. The van der Waals surface area contributed by atoms with Crippen LogP contribution >= 0.6 is 23.8 Å². The molecule has 0 bridgehead atoms. The van der Waals surface area contributed by atoms with Gasteiger partial charge in [0.25, 0.3) is 5.56 Å². The number of hydrogen-bond acceptors (Lipinski definition) is 3. The van der Waals surface area contributed by atoms with Crippen molar-refractivity contribution in [1.82, 2.24) is 9.97 Å². The first-order valence-electron chi connectivity index (χ1n) is 7.20. The van der Waals surface area contributed by atoms with Crippen LogP contribution in [0.1, 0.15) is 37.6 Å². The van der Waals surface area contributed by atoms with Gasteiger partial charge in [0.1, 0.15) is 5.75 Å². The summed E-state index contributed by atoms with van der Waals surface area (Å²) in [5, 5.41) is 0.546. The molecule has 2 rings (SSSR count). The number of aryl methyl sites for hydroxylation is 1. The Labute approximate surface area is 139 Å². The van der Waals surface area contributed by atoms with Crippen molar-refractivity contribution in [3.8, 4) is 5.75 Å². The molecule has 22 heavy (non-hydrogen) atoms. The summed E-state index contributed by atoms with van der Waals surface area (Å²) in [4.78, 5) is 17.8. The van der Waals surface area contributed by atoms with Crippen LogP contribution in [0.3, 0.4) is 0 Å². The van der Waals surface area contributed by atoms with Crippen molar-refractivity contribution in [2.24, 2.45) is 0 Å². The topological polar surface area (TPSA) is 57.9 Å². The first-order chi connectivity index (χ1) is 10.4. The lowest BCUT2D eigenvalue weighted by Gasteiger charge is -2.13. The van der Waals surface area contributed by atoms with Crippen molar-refractivity contribution in [2.75, 3.05) is 0 Å². The van der Waals surface area contributed by atoms with E-state index in [4.69, 9.17) is 28.6 Å². The first kappa shape index (κ1) is 16.8. The molecule has 0 aliphatic carbocycles. The summed E-state index contributed by atoms with van der Waals surface area (Å²) in [7, 11) is 0. The molecule has 0 atom stereocenters. The lowest BCUT2D eigenvalue weighted by atomic mass is 10.0. The van der Waals surface area contributed by atoms with Gasteiger partial charge in [-0.3, -0.25) is 9.78 Å². The van der Waals surface area contributed by atoms with Gasteiger partial charge < -0.3 is 9.72 Å². The zero-order valence-corrected chi connectivity index (χ0v) is 14.4. The highest BCUT2D eigenvalue weighted by atomic mass is 35.5. The second-order valence-corrected chi connectivity index (χ2v) is 6.14. The van der Waals surface area contributed by atoms with Gasteiger partial charge in [-0.1, -0.05) is 24.6 Å². The predicted molar refractivity (Wildman–Crippen MR) is 91.6 cm³/mol. The average Bonchev–Trinajstić information content (AvgIpc) is 2.44. The largest absolute Gasteiger partial charge is 0.489 e. The Morgan fingerprint density at radius 3 is 2.64 bits per heavy atom. The molecule has 6 heteroatoms. The van der Waals surface area contributed by atoms with Crippen molar-refractivity contribution in [3.05, 3.63) is 55.2 Å². The van der Waals surface area contributed by atoms with Crippen LogP contribution in [0.25, 0.3) is 0 Å². The van der Waals surface area contributed by atoms with E-state index in [-0.39, 0.29) is 11.7 Å². The number of aromatic amines is 2. The molecule has 0 spiro atoms. The lowest BCUT2D eigenvalue weighted by molar-refractivity contribution is 0.242. The summed E-state index contributed by atoms with van der Waals surface area (Å²) in [6.07, 6.45) is 1.27. The van der Waals surface area contributed by atoms with E-state index in [9.17, 15) is 4.79 Å². The fraction of sp³-hybridized carbons (Fsp3) is 0.375. The number of aromatic nitrogens is 2. The fourth-order valence-corrected chi connectivity index (χ4v) is 2.72. The van der Waals surface area contributed by atoms with Gasteiger partial charge in [0, 0.05) is 17.7 Å². The molecular weight excluding hydrogens is 320 g/mol. The van der Waals surface area contributed by atoms with Gasteiger partial charge in [0.2, 0.25) is 0 Å². The number of H-pyrrole nitrogens is 2. The van der Waals surface area contributed by atoms with Crippen LogP contribution in [0.2, 0.25) is 5.02 Å². The summed E-state index contributed by atoms with van der Waals surface area (Å²) in [5.74, 6) is 0.650. The van der Waals surface area contributed by atoms with E-state index >= 15 is 0 Å². The van der Waals surface area contributed by atoms with Gasteiger partial charge in [-0.25, -0.2) is 0 Å². The second-order valence-electron chi connectivity index (χ2n) is 5.33. The standard InChI is InChI=1S/C16H19ClN2O2S/c1-4-13-11(15(20)19-16(22)18-13)7-10-5-6-14(12(17)8-10)21-9(2)3/h5-6,8-9H,4,7H2,1-3H3,(H2,18,19,20,22). The minimum Gasteiger partial charge on any atom is -0.489 e. The van der Waals surface area contributed by atoms with Crippen LogP contribution in [0.15, 0.2) is 23.0 Å². The third-order valence-corrected chi connectivity index (χ3v) is 3.72. The molecule has 2 N–H and O–H groups in total. The minimum atomic E-state index is -0.153. The Bertz CT molecular complexity index is 780. The van der Waals surface area contributed by atoms with Crippen molar-refractivity contribution < 1.29 is 4.74 Å². The summed E-state index contributed by atoms with van der Waals surface area (Å²) in [5.41, 5.74) is 2.34.